The van der Waals surface area contributed by atoms with Crippen molar-refractivity contribution in [1.29, 1.82) is 0 Å². The lowest BCUT2D eigenvalue weighted by Crippen LogP contribution is -2.06. The minimum Gasteiger partial charge on any atom is -0.487 e. The number of aromatic nitrogens is 2. The Balaban J connectivity index is 1.73. The number of hydrogen-bond acceptors (Lipinski definition) is 3. The Morgan fingerprint density at radius 1 is 1.24 bits per heavy atom. The SMILES string of the molecule is CCc1cc(COc2ccc3c(c2)CCC3=O)n(CC)n1. The van der Waals surface area contributed by atoms with Crippen molar-refractivity contribution in [3.05, 3.63) is 46.8 Å². The van der Waals surface area contributed by atoms with E-state index in [1.54, 1.807) is 0 Å². The maximum Gasteiger partial charge on any atom is 0.163 e. The lowest BCUT2D eigenvalue weighted by atomic mass is 10.1. The van der Waals surface area contributed by atoms with Crippen molar-refractivity contribution in [3.63, 3.8) is 0 Å². The Morgan fingerprint density at radius 3 is 2.86 bits per heavy atom. The van der Waals surface area contributed by atoms with Crippen molar-refractivity contribution in [2.24, 2.45) is 0 Å². The third-order valence-corrected chi connectivity index (χ3v) is 3.96. The summed E-state index contributed by atoms with van der Waals surface area (Å²) in [6.45, 7) is 5.53. The highest BCUT2D eigenvalue weighted by atomic mass is 16.5. The lowest BCUT2D eigenvalue weighted by molar-refractivity contribution is 0.0994. The molecule has 110 valence electrons. The van der Waals surface area contributed by atoms with E-state index in [2.05, 4.69) is 25.0 Å². The number of carbonyl (C=O) groups excluding carboxylic acids is 1. The average molecular weight is 284 g/mol. The fraction of sp³-hybridized carbons (Fsp3) is 0.412. The van der Waals surface area contributed by atoms with E-state index < -0.39 is 0 Å². The van der Waals surface area contributed by atoms with Crippen LogP contribution in [0.5, 0.6) is 5.75 Å². The van der Waals surface area contributed by atoms with E-state index in [-0.39, 0.29) is 5.78 Å². The molecule has 0 saturated carbocycles. The van der Waals surface area contributed by atoms with E-state index in [0.29, 0.717) is 13.0 Å². The summed E-state index contributed by atoms with van der Waals surface area (Å²) in [6.07, 6.45) is 2.39. The summed E-state index contributed by atoms with van der Waals surface area (Å²) in [6, 6.07) is 7.86. The van der Waals surface area contributed by atoms with Crippen molar-refractivity contribution in [1.82, 2.24) is 9.78 Å². The first-order chi connectivity index (χ1) is 10.2. The Bertz CT molecular complexity index is 673. The van der Waals surface area contributed by atoms with Crippen molar-refractivity contribution in [3.8, 4) is 5.75 Å². The van der Waals surface area contributed by atoms with Gasteiger partial charge in [-0.2, -0.15) is 5.10 Å². The highest BCUT2D eigenvalue weighted by Crippen LogP contribution is 2.26. The molecule has 3 rings (SSSR count). The fourth-order valence-electron chi connectivity index (χ4n) is 2.76. The lowest BCUT2D eigenvalue weighted by Gasteiger charge is -2.09. The van der Waals surface area contributed by atoms with E-state index >= 15 is 0 Å². The molecule has 1 aliphatic rings. The molecule has 4 heteroatoms. The van der Waals surface area contributed by atoms with Gasteiger partial charge in [-0.05, 0) is 49.6 Å². The van der Waals surface area contributed by atoms with Crippen LogP contribution in [-0.2, 0) is 26.0 Å². The number of carbonyl (C=O) groups is 1. The van der Waals surface area contributed by atoms with Gasteiger partial charge in [-0.3, -0.25) is 9.48 Å². The van der Waals surface area contributed by atoms with Gasteiger partial charge in [-0.1, -0.05) is 6.92 Å². The third kappa shape index (κ3) is 2.71. The number of hydrogen-bond donors (Lipinski definition) is 0. The first-order valence-corrected chi connectivity index (χ1v) is 7.55. The maximum atomic E-state index is 11.6. The van der Waals surface area contributed by atoms with Crippen molar-refractivity contribution in [2.45, 2.75) is 46.3 Å². The van der Waals surface area contributed by atoms with E-state index in [0.717, 1.165) is 47.7 Å². The van der Waals surface area contributed by atoms with Gasteiger partial charge < -0.3 is 4.74 Å². The molecule has 1 heterocycles. The molecule has 0 bridgehead atoms. The largest absolute Gasteiger partial charge is 0.487 e. The summed E-state index contributed by atoms with van der Waals surface area (Å²) in [5.74, 6) is 1.07. The molecule has 1 aromatic carbocycles. The van der Waals surface area contributed by atoms with Crippen LogP contribution in [0.2, 0.25) is 0 Å². The van der Waals surface area contributed by atoms with Gasteiger partial charge in [0.25, 0.3) is 0 Å². The first-order valence-electron chi connectivity index (χ1n) is 7.55. The highest BCUT2D eigenvalue weighted by molar-refractivity contribution is 6.00. The summed E-state index contributed by atoms with van der Waals surface area (Å²) < 4.78 is 7.86. The third-order valence-electron chi connectivity index (χ3n) is 3.96. The molecule has 0 aliphatic heterocycles. The van der Waals surface area contributed by atoms with Gasteiger partial charge >= 0.3 is 0 Å². The predicted molar refractivity (Wildman–Crippen MR) is 80.7 cm³/mol. The van der Waals surface area contributed by atoms with Crippen LogP contribution < -0.4 is 4.74 Å². The number of nitrogens with zero attached hydrogens (tertiary/aromatic N) is 2. The Morgan fingerprint density at radius 2 is 2.10 bits per heavy atom. The van der Waals surface area contributed by atoms with Gasteiger partial charge in [0, 0.05) is 18.5 Å². The van der Waals surface area contributed by atoms with Crippen molar-refractivity contribution < 1.29 is 9.53 Å². The topological polar surface area (TPSA) is 44.1 Å². The predicted octanol–water partition coefficient (Wildman–Crippen LogP) is 3.17. The van der Waals surface area contributed by atoms with Crippen molar-refractivity contribution >= 4 is 5.78 Å². The van der Waals surface area contributed by atoms with Crippen LogP contribution in [0.1, 0.15) is 47.6 Å². The number of rotatable bonds is 5. The zero-order valence-electron chi connectivity index (χ0n) is 12.6. The molecule has 0 atom stereocenters. The molecule has 0 radical (unpaired) electrons. The number of benzene rings is 1. The Labute approximate surface area is 124 Å². The molecule has 21 heavy (non-hydrogen) atoms. The van der Waals surface area contributed by atoms with E-state index in [4.69, 9.17) is 4.74 Å². The second-order valence-corrected chi connectivity index (χ2v) is 5.33. The fourth-order valence-corrected chi connectivity index (χ4v) is 2.76. The zero-order chi connectivity index (χ0) is 14.8. The van der Waals surface area contributed by atoms with Crippen LogP contribution in [0, 0.1) is 0 Å². The quantitative estimate of drug-likeness (QED) is 0.847. The normalized spacial score (nSPS) is 13.5. The second-order valence-electron chi connectivity index (χ2n) is 5.33. The number of aryl methyl sites for hydroxylation is 3. The highest BCUT2D eigenvalue weighted by Gasteiger charge is 2.19. The standard InChI is InChI=1S/C17H20N2O2/c1-3-13-10-14(19(4-2)18-13)11-21-15-6-7-16-12(9-15)5-8-17(16)20/h6-7,9-10H,3-5,8,11H2,1-2H3. The minimum absolute atomic E-state index is 0.244. The smallest absolute Gasteiger partial charge is 0.163 e. The van der Waals surface area contributed by atoms with Crippen LogP contribution in [0.4, 0.5) is 0 Å². The molecule has 0 unspecified atom stereocenters. The number of fused-ring (bicyclic) bond motifs is 1. The molecule has 2 aromatic rings. The van der Waals surface area contributed by atoms with Gasteiger partial charge in [-0.15, -0.1) is 0 Å². The average Bonchev–Trinajstić information content (AvgIpc) is 3.08. The maximum absolute atomic E-state index is 11.6. The molecule has 0 spiro atoms. The first kappa shape index (κ1) is 13.9. The number of Topliss-reactive ketones (excluding diaryl/α,β-unsaturated/α-hetero) is 1. The van der Waals surface area contributed by atoms with E-state index in [1.165, 1.54) is 0 Å². The molecule has 1 aliphatic carbocycles. The zero-order valence-corrected chi connectivity index (χ0v) is 12.6. The molecule has 0 amide bonds. The molecule has 1 aromatic heterocycles. The summed E-state index contributed by atoms with van der Waals surface area (Å²) in [4.78, 5) is 11.6. The summed E-state index contributed by atoms with van der Waals surface area (Å²) in [7, 11) is 0. The number of ether oxygens (including phenoxy) is 1. The minimum atomic E-state index is 0.244. The molecule has 0 N–H and O–H groups in total. The van der Waals surface area contributed by atoms with Crippen LogP contribution >= 0.6 is 0 Å². The van der Waals surface area contributed by atoms with Crippen molar-refractivity contribution in [2.75, 3.05) is 0 Å². The van der Waals surface area contributed by atoms with E-state index in [1.807, 2.05) is 22.9 Å². The summed E-state index contributed by atoms with van der Waals surface area (Å²) in [5, 5.41) is 4.52. The molecule has 0 saturated heterocycles. The second kappa shape index (κ2) is 5.72. The molecular weight excluding hydrogens is 264 g/mol. The summed E-state index contributed by atoms with van der Waals surface area (Å²) in [5.41, 5.74) is 4.14. The van der Waals surface area contributed by atoms with Gasteiger partial charge in [0.1, 0.15) is 12.4 Å². The van der Waals surface area contributed by atoms with Crippen LogP contribution in [0.25, 0.3) is 0 Å². The van der Waals surface area contributed by atoms with E-state index in [9.17, 15) is 4.79 Å². The Kier molecular flexibility index (Phi) is 3.78. The van der Waals surface area contributed by atoms with Gasteiger partial charge in [-0.25, -0.2) is 0 Å². The monoisotopic (exact) mass is 284 g/mol. The van der Waals surface area contributed by atoms with Gasteiger partial charge in [0.05, 0.1) is 11.4 Å². The van der Waals surface area contributed by atoms with Gasteiger partial charge in [0.2, 0.25) is 0 Å². The van der Waals surface area contributed by atoms with Gasteiger partial charge in [0.15, 0.2) is 5.78 Å². The van der Waals surface area contributed by atoms with Crippen LogP contribution in [0.15, 0.2) is 24.3 Å². The molecule has 4 nitrogen and oxygen atoms in total. The molecule has 0 fully saturated rings. The van der Waals surface area contributed by atoms with Crippen LogP contribution in [-0.4, -0.2) is 15.6 Å². The number of ketones is 1. The molecular formula is C17H20N2O2. The summed E-state index contributed by atoms with van der Waals surface area (Å²) >= 11 is 0. The van der Waals surface area contributed by atoms with Crippen LogP contribution in [0.3, 0.4) is 0 Å². The Hall–Kier alpha value is -2.10.